The molecule has 0 amide bonds. The minimum absolute atomic E-state index is 0.213. The molecule has 0 aliphatic rings. The van der Waals surface area contributed by atoms with Crippen LogP contribution in [-0.2, 0) is 10.3 Å². The van der Waals surface area contributed by atoms with Gasteiger partial charge in [-0.25, -0.2) is 0 Å². The van der Waals surface area contributed by atoms with Crippen molar-refractivity contribution in [1.29, 1.82) is 0 Å². The average molecular weight is 278 g/mol. The van der Waals surface area contributed by atoms with Gasteiger partial charge in [0.2, 0.25) is 0 Å². The van der Waals surface area contributed by atoms with Crippen LogP contribution in [0.5, 0.6) is 0 Å². The summed E-state index contributed by atoms with van der Waals surface area (Å²) in [6.07, 6.45) is 0. The Labute approximate surface area is 124 Å². The van der Waals surface area contributed by atoms with Crippen LogP contribution in [0.2, 0.25) is 0 Å². The molecule has 0 fully saturated rings. The molecule has 0 aromatic heterocycles. The van der Waals surface area contributed by atoms with Crippen LogP contribution in [-0.4, -0.2) is 18.8 Å². The van der Waals surface area contributed by atoms with E-state index in [9.17, 15) is 5.11 Å². The van der Waals surface area contributed by atoms with Crippen molar-refractivity contribution in [2.75, 3.05) is 13.7 Å². The molecular formula is C19H18O2. The third kappa shape index (κ3) is 2.44. The molecule has 3 rings (SSSR count). The van der Waals surface area contributed by atoms with Crippen LogP contribution in [0.1, 0.15) is 11.1 Å². The summed E-state index contributed by atoms with van der Waals surface area (Å²) in [6.45, 7) is 0.213. The van der Waals surface area contributed by atoms with Crippen molar-refractivity contribution in [2.24, 2.45) is 0 Å². The van der Waals surface area contributed by atoms with E-state index in [2.05, 4.69) is 12.1 Å². The van der Waals surface area contributed by atoms with Gasteiger partial charge in [-0.3, -0.25) is 0 Å². The van der Waals surface area contributed by atoms with Crippen LogP contribution in [0.3, 0.4) is 0 Å². The molecule has 0 spiro atoms. The zero-order chi connectivity index (χ0) is 14.7. The molecule has 0 aliphatic heterocycles. The number of fused-ring (bicyclic) bond motifs is 1. The number of methoxy groups -OCH3 is 1. The molecular weight excluding hydrogens is 260 g/mol. The molecule has 3 aromatic rings. The highest BCUT2D eigenvalue weighted by Gasteiger charge is 2.32. The van der Waals surface area contributed by atoms with E-state index < -0.39 is 5.60 Å². The second kappa shape index (κ2) is 5.68. The maximum absolute atomic E-state index is 11.3. The van der Waals surface area contributed by atoms with Gasteiger partial charge in [-0.2, -0.15) is 0 Å². The first kappa shape index (κ1) is 13.8. The van der Waals surface area contributed by atoms with Crippen LogP contribution in [0.25, 0.3) is 10.8 Å². The Morgan fingerprint density at radius 3 is 2.29 bits per heavy atom. The van der Waals surface area contributed by atoms with Gasteiger partial charge in [0.05, 0.1) is 6.61 Å². The summed E-state index contributed by atoms with van der Waals surface area (Å²) in [5.41, 5.74) is 0.550. The lowest BCUT2D eigenvalue weighted by atomic mass is 9.84. The fourth-order valence-corrected chi connectivity index (χ4v) is 2.83. The lowest BCUT2D eigenvalue weighted by Crippen LogP contribution is -2.32. The second-order valence-corrected chi connectivity index (χ2v) is 5.19. The van der Waals surface area contributed by atoms with Crippen molar-refractivity contribution >= 4 is 10.8 Å². The highest BCUT2D eigenvalue weighted by molar-refractivity contribution is 5.87. The highest BCUT2D eigenvalue weighted by Crippen LogP contribution is 2.34. The zero-order valence-corrected chi connectivity index (χ0v) is 12.0. The van der Waals surface area contributed by atoms with Crippen molar-refractivity contribution in [1.82, 2.24) is 0 Å². The van der Waals surface area contributed by atoms with Gasteiger partial charge in [-0.05, 0) is 21.9 Å². The second-order valence-electron chi connectivity index (χ2n) is 5.19. The maximum Gasteiger partial charge on any atom is 0.138 e. The largest absolute Gasteiger partial charge is 0.381 e. The summed E-state index contributed by atoms with van der Waals surface area (Å²) in [7, 11) is 1.61. The van der Waals surface area contributed by atoms with Gasteiger partial charge in [0.15, 0.2) is 0 Å². The Bertz CT molecular complexity index is 731. The SMILES string of the molecule is COCC(O)(c1ccccc1)c1cccc2ccccc12. The van der Waals surface area contributed by atoms with Crippen LogP contribution in [0.15, 0.2) is 72.8 Å². The number of hydrogen-bond acceptors (Lipinski definition) is 2. The lowest BCUT2D eigenvalue weighted by molar-refractivity contribution is -0.00221. The maximum atomic E-state index is 11.3. The minimum Gasteiger partial charge on any atom is -0.381 e. The number of ether oxygens (including phenoxy) is 1. The van der Waals surface area contributed by atoms with Crippen LogP contribution in [0.4, 0.5) is 0 Å². The normalized spacial score (nSPS) is 14.0. The molecule has 2 nitrogen and oxygen atoms in total. The van der Waals surface area contributed by atoms with Gasteiger partial charge in [0, 0.05) is 7.11 Å². The van der Waals surface area contributed by atoms with Gasteiger partial charge < -0.3 is 9.84 Å². The van der Waals surface area contributed by atoms with Crippen LogP contribution >= 0.6 is 0 Å². The Morgan fingerprint density at radius 1 is 0.857 bits per heavy atom. The van der Waals surface area contributed by atoms with Crippen LogP contribution < -0.4 is 0 Å². The van der Waals surface area contributed by atoms with Crippen LogP contribution in [0, 0.1) is 0 Å². The van der Waals surface area contributed by atoms with Gasteiger partial charge in [-0.1, -0.05) is 72.8 Å². The number of hydrogen-bond donors (Lipinski definition) is 1. The molecule has 106 valence electrons. The molecule has 0 saturated heterocycles. The molecule has 0 bridgehead atoms. The van der Waals surface area contributed by atoms with Crippen molar-refractivity contribution < 1.29 is 9.84 Å². The summed E-state index contributed by atoms with van der Waals surface area (Å²) < 4.78 is 5.31. The Balaban J connectivity index is 2.25. The molecule has 0 heterocycles. The van der Waals surface area contributed by atoms with E-state index in [1.54, 1.807) is 7.11 Å². The first-order valence-electron chi connectivity index (χ1n) is 7.01. The summed E-state index contributed by atoms with van der Waals surface area (Å²) >= 11 is 0. The number of benzene rings is 3. The van der Waals surface area contributed by atoms with E-state index in [1.807, 2.05) is 60.7 Å². The minimum atomic E-state index is -1.16. The van der Waals surface area contributed by atoms with Gasteiger partial charge >= 0.3 is 0 Å². The number of rotatable bonds is 4. The molecule has 0 aliphatic carbocycles. The van der Waals surface area contributed by atoms with Crippen molar-refractivity contribution in [3.63, 3.8) is 0 Å². The monoisotopic (exact) mass is 278 g/mol. The predicted molar refractivity (Wildman–Crippen MR) is 85.3 cm³/mol. The molecule has 1 unspecified atom stereocenters. The Morgan fingerprint density at radius 2 is 1.52 bits per heavy atom. The fourth-order valence-electron chi connectivity index (χ4n) is 2.83. The average Bonchev–Trinajstić information content (AvgIpc) is 2.55. The highest BCUT2D eigenvalue weighted by atomic mass is 16.5. The van der Waals surface area contributed by atoms with E-state index in [4.69, 9.17) is 4.74 Å². The Kier molecular flexibility index (Phi) is 3.74. The lowest BCUT2D eigenvalue weighted by Gasteiger charge is -2.29. The van der Waals surface area contributed by atoms with Crippen molar-refractivity contribution in [3.8, 4) is 0 Å². The van der Waals surface area contributed by atoms with E-state index in [0.29, 0.717) is 0 Å². The van der Waals surface area contributed by atoms with Gasteiger partial charge in [0.1, 0.15) is 5.60 Å². The molecule has 0 saturated carbocycles. The van der Waals surface area contributed by atoms with Gasteiger partial charge in [0.25, 0.3) is 0 Å². The molecule has 21 heavy (non-hydrogen) atoms. The van der Waals surface area contributed by atoms with E-state index in [1.165, 1.54) is 0 Å². The van der Waals surface area contributed by atoms with E-state index in [-0.39, 0.29) is 6.61 Å². The molecule has 1 atom stereocenters. The van der Waals surface area contributed by atoms with Gasteiger partial charge in [-0.15, -0.1) is 0 Å². The summed E-state index contributed by atoms with van der Waals surface area (Å²) in [6, 6.07) is 23.7. The van der Waals surface area contributed by atoms with Crippen molar-refractivity contribution in [3.05, 3.63) is 83.9 Å². The molecule has 0 radical (unpaired) electrons. The zero-order valence-electron chi connectivity index (χ0n) is 12.0. The molecule has 1 N–H and O–H groups in total. The van der Waals surface area contributed by atoms with E-state index >= 15 is 0 Å². The summed E-state index contributed by atoms with van der Waals surface area (Å²) in [4.78, 5) is 0. The smallest absolute Gasteiger partial charge is 0.138 e. The fraction of sp³-hybridized carbons (Fsp3) is 0.158. The third-order valence-electron chi connectivity index (χ3n) is 3.84. The summed E-state index contributed by atoms with van der Waals surface area (Å²) in [5, 5.41) is 13.5. The third-order valence-corrected chi connectivity index (χ3v) is 3.84. The standard InChI is InChI=1S/C19H18O2/c1-21-14-19(20,16-10-3-2-4-11-16)18-13-7-9-15-8-5-6-12-17(15)18/h2-13,20H,14H2,1H3. The topological polar surface area (TPSA) is 29.5 Å². The van der Waals surface area contributed by atoms with Crippen molar-refractivity contribution in [2.45, 2.75) is 5.60 Å². The number of aliphatic hydroxyl groups is 1. The summed E-state index contributed by atoms with van der Waals surface area (Å²) in [5.74, 6) is 0. The van der Waals surface area contributed by atoms with E-state index in [0.717, 1.165) is 21.9 Å². The first-order valence-corrected chi connectivity index (χ1v) is 7.01. The predicted octanol–water partition coefficient (Wildman–Crippen LogP) is 3.72. The quantitative estimate of drug-likeness (QED) is 0.788. The molecule has 2 heteroatoms. The first-order chi connectivity index (χ1) is 10.3. The Hall–Kier alpha value is -2.16. The molecule has 3 aromatic carbocycles.